The van der Waals surface area contributed by atoms with Crippen LogP contribution in [-0.2, 0) is 4.74 Å². The summed E-state index contributed by atoms with van der Waals surface area (Å²) in [6, 6.07) is 8.10. The molecule has 94 valence electrons. The van der Waals surface area contributed by atoms with E-state index in [1.165, 1.54) is 0 Å². The maximum Gasteiger partial charge on any atom is 0.117 e. The van der Waals surface area contributed by atoms with E-state index in [0.29, 0.717) is 0 Å². The van der Waals surface area contributed by atoms with E-state index in [2.05, 4.69) is 21.4 Å². The summed E-state index contributed by atoms with van der Waals surface area (Å²) in [5.74, 6) is 0.925. The van der Waals surface area contributed by atoms with Crippen LogP contribution in [0.25, 0.3) is 10.9 Å². The quantitative estimate of drug-likeness (QED) is 0.673. The summed E-state index contributed by atoms with van der Waals surface area (Å²) in [5, 5.41) is 5.49. The average Bonchev–Trinajstić information content (AvgIpc) is 2.46. The molecule has 1 aromatic carbocycles. The molecule has 0 saturated carbocycles. The lowest BCUT2D eigenvalue weighted by molar-refractivity contribution is 0.0441. The third-order valence-electron chi connectivity index (χ3n) is 2.92. The standard InChI is InChI=1S/C13H15N3OS/c1-2-4-12-11(3-1)13(16-9-15-12)18-8-10-7-14-5-6-17-10/h1-4,9-10,14H,5-8H2. The fourth-order valence-electron chi connectivity index (χ4n) is 1.99. The van der Waals surface area contributed by atoms with Crippen molar-refractivity contribution in [2.24, 2.45) is 0 Å². The smallest absolute Gasteiger partial charge is 0.117 e. The Morgan fingerprint density at radius 1 is 1.33 bits per heavy atom. The van der Waals surface area contributed by atoms with Crippen molar-refractivity contribution in [3.8, 4) is 0 Å². The summed E-state index contributed by atoms with van der Waals surface area (Å²) >= 11 is 1.74. The van der Waals surface area contributed by atoms with Crippen molar-refractivity contribution >= 4 is 22.7 Å². The Hall–Kier alpha value is -1.17. The molecule has 0 aliphatic carbocycles. The molecule has 1 atom stereocenters. The van der Waals surface area contributed by atoms with Gasteiger partial charge in [0.05, 0.1) is 18.2 Å². The number of fused-ring (bicyclic) bond motifs is 1. The zero-order chi connectivity index (χ0) is 12.2. The van der Waals surface area contributed by atoms with Crippen molar-refractivity contribution in [1.29, 1.82) is 0 Å². The Morgan fingerprint density at radius 3 is 3.17 bits per heavy atom. The van der Waals surface area contributed by atoms with Gasteiger partial charge in [-0.1, -0.05) is 18.2 Å². The summed E-state index contributed by atoms with van der Waals surface area (Å²) in [7, 11) is 0. The lowest BCUT2D eigenvalue weighted by Gasteiger charge is -2.23. The van der Waals surface area contributed by atoms with Gasteiger partial charge in [-0.15, -0.1) is 11.8 Å². The van der Waals surface area contributed by atoms with Gasteiger partial charge in [0.25, 0.3) is 0 Å². The number of hydrogen-bond donors (Lipinski definition) is 1. The van der Waals surface area contributed by atoms with Crippen LogP contribution in [0.1, 0.15) is 0 Å². The van der Waals surface area contributed by atoms with Crippen LogP contribution in [0.4, 0.5) is 0 Å². The fourth-order valence-corrected chi connectivity index (χ4v) is 3.00. The lowest BCUT2D eigenvalue weighted by Crippen LogP contribution is -2.39. The Bertz CT molecular complexity index is 523. The van der Waals surface area contributed by atoms with Crippen LogP contribution in [0.2, 0.25) is 0 Å². The molecule has 1 aliphatic rings. The summed E-state index contributed by atoms with van der Waals surface area (Å²) in [6.45, 7) is 2.68. The van der Waals surface area contributed by atoms with E-state index in [1.54, 1.807) is 18.1 Å². The highest BCUT2D eigenvalue weighted by Crippen LogP contribution is 2.25. The van der Waals surface area contributed by atoms with E-state index in [4.69, 9.17) is 4.74 Å². The van der Waals surface area contributed by atoms with Crippen LogP contribution in [0.5, 0.6) is 0 Å². The molecule has 1 aromatic heterocycles. The Kier molecular flexibility index (Phi) is 3.73. The number of morpholine rings is 1. The Morgan fingerprint density at radius 2 is 2.28 bits per heavy atom. The Balaban J connectivity index is 1.74. The van der Waals surface area contributed by atoms with E-state index in [1.807, 2.05) is 18.2 Å². The van der Waals surface area contributed by atoms with Gasteiger partial charge < -0.3 is 10.1 Å². The zero-order valence-corrected chi connectivity index (χ0v) is 10.8. The van der Waals surface area contributed by atoms with Crippen molar-refractivity contribution in [2.45, 2.75) is 11.1 Å². The van der Waals surface area contributed by atoms with Gasteiger partial charge in [-0.25, -0.2) is 9.97 Å². The minimum absolute atomic E-state index is 0.275. The van der Waals surface area contributed by atoms with E-state index < -0.39 is 0 Å². The Labute approximate surface area is 110 Å². The summed E-state index contributed by atoms with van der Waals surface area (Å²) in [4.78, 5) is 8.64. The number of benzene rings is 1. The monoisotopic (exact) mass is 261 g/mol. The molecular formula is C13H15N3OS. The van der Waals surface area contributed by atoms with Crippen LogP contribution < -0.4 is 5.32 Å². The second-order valence-corrected chi connectivity index (χ2v) is 5.21. The topological polar surface area (TPSA) is 47.0 Å². The second kappa shape index (κ2) is 5.65. The molecule has 0 radical (unpaired) electrons. The predicted octanol–water partition coefficient (Wildman–Crippen LogP) is 1.71. The highest BCUT2D eigenvalue weighted by atomic mass is 32.2. The maximum atomic E-state index is 5.68. The molecule has 1 fully saturated rings. The largest absolute Gasteiger partial charge is 0.375 e. The molecule has 4 nitrogen and oxygen atoms in total. The molecule has 0 bridgehead atoms. The van der Waals surface area contributed by atoms with Gasteiger partial charge in [0, 0.05) is 24.2 Å². The van der Waals surface area contributed by atoms with Crippen molar-refractivity contribution in [3.05, 3.63) is 30.6 Å². The van der Waals surface area contributed by atoms with Crippen molar-refractivity contribution in [2.75, 3.05) is 25.4 Å². The number of thioether (sulfide) groups is 1. The molecule has 2 aromatic rings. The summed E-state index contributed by atoms with van der Waals surface area (Å²) in [6.07, 6.45) is 1.91. The molecule has 0 spiro atoms. The molecule has 1 aliphatic heterocycles. The van der Waals surface area contributed by atoms with Gasteiger partial charge in [-0.3, -0.25) is 0 Å². The molecule has 0 amide bonds. The molecular weight excluding hydrogens is 246 g/mol. The highest BCUT2D eigenvalue weighted by Gasteiger charge is 2.14. The molecule has 2 heterocycles. The molecule has 5 heteroatoms. The normalized spacial score (nSPS) is 20.1. The van der Waals surface area contributed by atoms with Gasteiger partial charge in [-0.2, -0.15) is 0 Å². The number of para-hydroxylation sites is 1. The maximum absolute atomic E-state index is 5.68. The molecule has 3 rings (SSSR count). The fraction of sp³-hybridized carbons (Fsp3) is 0.385. The first-order valence-electron chi connectivity index (χ1n) is 6.08. The van der Waals surface area contributed by atoms with Gasteiger partial charge in [0.15, 0.2) is 0 Å². The van der Waals surface area contributed by atoms with Crippen molar-refractivity contribution < 1.29 is 4.74 Å². The van der Waals surface area contributed by atoms with Crippen LogP contribution in [0.15, 0.2) is 35.6 Å². The minimum Gasteiger partial charge on any atom is -0.375 e. The zero-order valence-electron chi connectivity index (χ0n) is 10.0. The van der Waals surface area contributed by atoms with Gasteiger partial charge in [-0.05, 0) is 6.07 Å². The molecule has 1 unspecified atom stereocenters. The van der Waals surface area contributed by atoms with Gasteiger partial charge in [0.1, 0.15) is 11.4 Å². The van der Waals surface area contributed by atoms with Crippen LogP contribution >= 0.6 is 11.8 Å². The lowest BCUT2D eigenvalue weighted by atomic mass is 10.2. The third-order valence-corrected chi connectivity index (χ3v) is 4.05. The van der Waals surface area contributed by atoms with E-state index in [9.17, 15) is 0 Å². The summed E-state index contributed by atoms with van der Waals surface area (Å²) < 4.78 is 5.68. The predicted molar refractivity (Wildman–Crippen MR) is 72.9 cm³/mol. The first-order valence-corrected chi connectivity index (χ1v) is 7.07. The van der Waals surface area contributed by atoms with Crippen LogP contribution in [0, 0.1) is 0 Å². The SMILES string of the molecule is c1ccc2c(SCC3CNCCO3)ncnc2c1. The first kappa shape index (κ1) is 11.9. The highest BCUT2D eigenvalue weighted by molar-refractivity contribution is 7.99. The minimum atomic E-state index is 0.275. The average molecular weight is 261 g/mol. The van der Waals surface area contributed by atoms with E-state index >= 15 is 0 Å². The number of nitrogens with one attached hydrogen (secondary N) is 1. The van der Waals surface area contributed by atoms with Crippen LogP contribution in [-0.4, -0.2) is 41.5 Å². The van der Waals surface area contributed by atoms with E-state index in [-0.39, 0.29) is 6.10 Å². The third kappa shape index (κ3) is 2.63. The number of hydrogen-bond acceptors (Lipinski definition) is 5. The second-order valence-electron chi connectivity index (χ2n) is 4.20. The van der Waals surface area contributed by atoms with E-state index in [0.717, 1.165) is 41.4 Å². The number of nitrogens with zero attached hydrogens (tertiary/aromatic N) is 2. The van der Waals surface area contributed by atoms with Gasteiger partial charge in [0.2, 0.25) is 0 Å². The number of rotatable bonds is 3. The molecule has 18 heavy (non-hydrogen) atoms. The van der Waals surface area contributed by atoms with Crippen molar-refractivity contribution in [1.82, 2.24) is 15.3 Å². The van der Waals surface area contributed by atoms with Crippen LogP contribution in [0.3, 0.4) is 0 Å². The number of aromatic nitrogens is 2. The van der Waals surface area contributed by atoms with Crippen molar-refractivity contribution in [3.63, 3.8) is 0 Å². The molecule has 1 saturated heterocycles. The van der Waals surface area contributed by atoms with Gasteiger partial charge >= 0.3 is 0 Å². The summed E-state index contributed by atoms with van der Waals surface area (Å²) in [5.41, 5.74) is 0.998. The first-order chi connectivity index (χ1) is 8.93. The molecule has 1 N–H and O–H groups in total. The number of ether oxygens (including phenoxy) is 1.